The molecular formula is C22H30N6O. The van der Waals surface area contributed by atoms with Crippen molar-refractivity contribution in [1.82, 2.24) is 30.1 Å². The molecule has 3 aromatic rings. The first-order chi connectivity index (χ1) is 13.8. The minimum Gasteiger partial charge on any atom is -0.321 e. The van der Waals surface area contributed by atoms with Gasteiger partial charge in [0.25, 0.3) is 5.56 Å². The number of benzene rings is 1. The van der Waals surface area contributed by atoms with Gasteiger partial charge in [-0.15, -0.1) is 5.10 Å². The van der Waals surface area contributed by atoms with Gasteiger partial charge in [0.15, 0.2) is 5.82 Å². The summed E-state index contributed by atoms with van der Waals surface area (Å²) in [6.45, 7) is 12.4. The minimum absolute atomic E-state index is 0.0708. The monoisotopic (exact) mass is 394 g/mol. The lowest BCUT2D eigenvalue weighted by molar-refractivity contribution is 0.137. The number of nitrogens with zero attached hydrogens (tertiary/aromatic N) is 5. The standard InChI is InChI=1S/C22H30N6O/c1-14-8-7-11-27(13-14)19(20-24-25-26-28(20)22(3,4)5)17-12-16-10-6-9-15(2)18(16)23-21(17)29/h6,9-10,12,14,19H,7-8,11,13H2,1-5H3,(H,23,29)/t14-,19+/m0/s1. The number of aromatic nitrogens is 5. The van der Waals surface area contributed by atoms with Crippen LogP contribution in [0.5, 0.6) is 0 Å². The van der Waals surface area contributed by atoms with Gasteiger partial charge < -0.3 is 4.98 Å². The van der Waals surface area contributed by atoms with Gasteiger partial charge in [0.2, 0.25) is 0 Å². The fourth-order valence-electron chi connectivity index (χ4n) is 4.41. The van der Waals surface area contributed by atoms with Gasteiger partial charge in [-0.2, -0.15) is 0 Å². The number of para-hydroxylation sites is 1. The van der Waals surface area contributed by atoms with E-state index in [2.05, 4.69) is 53.1 Å². The van der Waals surface area contributed by atoms with Gasteiger partial charge in [-0.25, -0.2) is 4.68 Å². The summed E-state index contributed by atoms with van der Waals surface area (Å²) >= 11 is 0. The molecule has 2 aromatic heterocycles. The van der Waals surface area contributed by atoms with E-state index in [-0.39, 0.29) is 17.1 Å². The minimum atomic E-state index is -0.279. The van der Waals surface area contributed by atoms with Gasteiger partial charge in [0.05, 0.1) is 11.1 Å². The summed E-state index contributed by atoms with van der Waals surface area (Å²) in [5, 5.41) is 13.7. The molecule has 29 heavy (non-hydrogen) atoms. The fourth-order valence-corrected chi connectivity index (χ4v) is 4.41. The van der Waals surface area contributed by atoms with Crippen molar-refractivity contribution in [3.63, 3.8) is 0 Å². The molecule has 0 radical (unpaired) electrons. The molecule has 0 aliphatic carbocycles. The summed E-state index contributed by atoms with van der Waals surface area (Å²) in [5.74, 6) is 1.30. The van der Waals surface area contributed by atoms with Crippen LogP contribution in [0.2, 0.25) is 0 Å². The number of rotatable bonds is 3. The molecule has 0 bridgehead atoms. The summed E-state index contributed by atoms with van der Waals surface area (Å²) in [4.78, 5) is 18.7. The van der Waals surface area contributed by atoms with Crippen LogP contribution in [-0.4, -0.2) is 43.2 Å². The number of aryl methyl sites for hydroxylation is 1. The zero-order valence-corrected chi connectivity index (χ0v) is 17.9. The van der Waals surface area contributed by atoms with Crippen molar-refractivity contribution in [2.24, 2.45) is 5.92 Å². The van der Waals surface area contributed by atoms with E-state index >= 15 is 0 Å². The number of pyridine rings is 1. The van der Waals surface area contributed by atoms with E-state index in [1.807, 2.05) is 35.9 Å². The SMILES string of the molecule is Cc1cccc2cc([C@H](c3nnnn3C(C)(C)C)N3CCC[C@H](C)C3)c(=O)[nH]c12. The van der Waals surface area contributed by atoms with Gasteiger partial charge in [-0.05, 0) is 80.4 Å². The molecule has 0 unspecified atom stereocenters. The Bertz CT molecular complexity index is 1080. The number of H-pyrrole nitrogens is 1. The summed E-state index contributed by atoms with van der Waals surface area (Å²) in [6, 6.07) is 7.83. The van der Waals surface area contributed by atoms with E-state index < -0.39 is 0 Å². The number of aromatic amines is 1. The summed E-state index contributed by atoms with van der Waals surface area (Å²) < 4.78 is 1.86. The van der Waals surface area contributed by atoms with Gasteiger partial charge in [0, 0.05) is 12.1 Å². The van der Waals surface area contributed by atoms with Crippen LogP contribution in [0.1, 0.15) is 63.5 Å². The maximum atomic E-state index is 13.2. The molecule has 7 nitrogen and oxygen atoms in total. The number of hydrogen-bond acceptors (Lipinski definition) is 5. The average molecular weight is 395 g/mol. The van der Waals surface area contributed by atoms with E-state index in [1.165, 1.54) is 6.42 Å². The second kappa shape index (κ2) is 7.37. The first-order valence-electron chi connectivity index (χ1n) is 10.4. The maximum Gasteiger partial charge on any atom is 0.253 e. The van der Waals surface area contributed by atoms with Crippen molar-refractivity contribution in [3.05, 3.63) is 51.6 Å². The van der Waals surface area contributed by atoms with Gasteiger partial charge in [0.1, 0.15) is 6.04 Å². The summed E-state index contributed by atoms with van der Waals surface area (Å²) in [6.07, 6.45) is 2.32. The highest BCUT2D eigenvalue weighted by Gasteiger charge is 2.35. The normalized spacial score (nSPS) is 19.6. The second-order valence-corrected chi connectivity index (χ2v) is 9.36. The van der Waals surface area contributed by atoms with Crippen molar-refractivity contribution in [2.75, 3.05) is 13.1 Å². The molecule has 1 aromatic carbocycles. The first kappa shape index (κ1) is 19.8. The molecule has 1 aliphatic heterocycles. The van der Waals surface area contributed by atoms with Crippen LogP contribution >= 0.6 is 0 Å². The molecule has 1 N–H and O–H groups in total. The van der Waals surface area contributed by atoms with E-state index in [4.69, 9.17) is 0 Å². The Kier molecular flexibility index (Phi) is 5.02. The van der Waals surface area contributed by atoms with Crippen LogP contribution < -0.4 is 5.56 Å². The molecule has 1 fully saturated rings. The molecule has 154 valence electrons. The fraction of sp³-hybridized carbons (Fsp3) is 0.545. The molecule has 7 heteroatoms. The number of tetrazole rings is 1. The number of fused-ring (bicyclic) bond motifs is 1. The largest absolute Gasteiger partial charge is 0.321 e. The lowest BCUT2D eigenvalue weighted by Crippen LogP contribution is -2.42. The van der Waals surface area contributed by atoms with Crippen molar-refractivity contribution in [1.29, 1.82) is 0 Å². The molecule has 3 heterocycles. The maximum absolute atomic E-state index is 13.2. The Balaban J connectivity index is 1.92. The zero-order chi connectivity index (χ0) is 20.8. The predicted octanol–water partition coefficient (Wildman–Crippen LogP) is 3.40. The quantitative estimate of drug-likeness (QED) is 0.736. The molecule has 0 spiro atoms. The van der Waals surface area contributed by atoms with Gasteiger partial charge in [-0.3, -0.25) is 9.69 Å². The molecule has 1 saturated heterocycles. The van der Waals surface area contributed by atoms with Crippen LogP contribution in [0.15, 0.2) is 29.1 Å². The topological polar surface area (TPSA) is 79.7 Å². The third-order valence-electron chi connectivity index (χ3n) is 5.84. The number of likely N-dealkylation sites (tertiary alicyclic amines) is 1. The molecule has 4 rings (SSSR count). The van der Waals surface area contributed by atoms with Crippen LogP contribution in [-0.2, 0) is 5.54 Å². The van der Waals surface area contributed by atoms with Crippen molar-refractivity contribution in [3.8, 4) is 0 Å². The second-order valence-electron chi connectivity index (χ2n) is 9.36. The molecule has 0 amide bonds. The molecule has 1 aliphatic rings. The summed E-state index contributed by atoms with van der Waals surface area (Å²) in [5.41, 5.74) is 2.31. The van der Waals surface area contributed by atoms with E-state index in [0.717, 1.165) is 41.8 Å². The van der Waals surface area contributed by atoms with E-state index in [9.17, 15) is 4.79 Å². The van der Waals surface area contributed by atoms with Crippen LogP contribution in [0.25, 0.3) is 10.9 Å². The third-order valence-corrected chi connectivity index (χ3v) is 5.84. The van der Waals surface area contributed by atoms with Crippen molar-refractivity contribution in [2.45, 2.75) is 59.0 Å². The first-order valence-corrected chi connectivity index (χ1v) is 10.4. The van der Waals surface area contributed by atoms with E-state index in [1.54, 1.807) is 0 Å². The highest BCUT2D eigenvalue weighted by molar-refractivity contribution is 5.82. The number of hydrogen-bond donors (Lipinski definition) is 1. The highest BCUT2D eigenvalue weighted by atomic mass is 16.1. The zero-order valence-electron chi connectivity index (χ0n) is 17.9. The highest BCUT2D eigenvalue weighted by Crippen LogP contribution is 2.32. The van der Waals surface area contributed by atoms with Crippen LogP contribution in [0, 0.1) is 12.8 Å². The van der Waals surface area contributed by atoms with Crippen molar-refractivity contribution < 1.29 is 0 Å². The average Bonchev–Trinajstić information content (AvgIpc) is 3.13. The summed E-state index contributed by atoms with van der Waals surface area (Å²) in [7, 11) is 0. The Morgan fingerprint density at radius 3 is 2.79 bits per heavy atom. The van der Waals surface area contributed by atoms with Crippen LogP contribution in [0.4, 0.5) is 0 Å². The van der Waals surface area contributed by atoms with Gasteiger partial charge >= 0.3 is 0 Å². The molecule has 2 atom stereocenters. The Morgan fingerprint density at radius 2 is 2.07 bits per heavy atom. The third kappa shape index (κ3) is 3.71. The Morgan fingerprint density at radius 1 is 1.28 bits per heavy atom. The van der Waals surface area contributed by atoms with E-state index in [0.29, 0.717) is 11.5 Å². The van der Waals surface area contributed by atoms with Crippen LogP contribution in [0.3, 0.4) is 0 Å². The molecule has 0 saturated carbocycles. The smallest absolute Gasteiger partial charge is 0.253 e. The predicted molar refractivity (Wildman–Crippen MR) is 114 cm³/mol. The number of nitrogens with one attached hydrogen (secondary N) is 1. The molecular weight excluding hydrogens is 364 g/mol. The lowest BCUT2D eigenvalue weighted by atomic mass is 9.95. The number of piperidine rings is 1. The van der Waals surface area contributed by atoms with Crippen molar-refractivity contribution >= 4 is 10.9 Å². The van der Waals surface area contributed by atoms with Gasteiger partial charge in [-0.1, -0.05) is 25.1 Å². The lowest BCUT2D eigenvalue weighted by Gasteiger charge is -2.37. The Labute approximate surface area is 171 Å². The Hall–Kier alpha value is -2.54.